The molecule has 1 rings (SSSR count). The molecule has 2 N–H and O–H groups in total. The number of nitrogens with two attached hydrogens (primary N) is 1. The van der Waals surface area contributed by atoms with Crippen LogP contribution in [0.3, 0.4) is 0 Å². The van der Waals surface area contributed by atoms with Crippen molar-refractivity contribution in [3.63, 3.8) is 0 Å². The topological polar surface area (TPSA) is 63.4 Å². The van der Waals surface area contributed by atoms with E-state index in [1.807, 2.05) is 13.8 Å². The Morgan fingerprint density at radius 3 is 2.80 bits per heavy atom. The lowest BCUT2D eigenvalue weighted by atomic mass is 10.0. The molecule has 1 fully saturated rings. The summed E-state index contributed by atoms with van der Waals surface area (Å²) < 4.78 is 0. The van der Waals surface area contributed by atoms with E-state index in [1.165, 1.54) is 0 Å². The smallest absolute Gasteiger partial charge is 0.240 e. The quantitative estimate of drug-likeness (QED) is 0.692. The van der Waals surface area contributed by atoms with Gasteiger partial charge in [-0.05, 0) is 25.2 Å². The molecule has 0 aromatic rings. The van der Waals surface area contributed by atoms with Gasteiger partial charge in [0.25, 0.3) is 0 Å². The minimum atomic E-state index is -0.453. The molecule has 4 nitrogen and oxygen atoms in total. The van der Waals surface area contributed by atoms with Crippen LogP contribution in [0.4, 0.5) is 0 Å². The van der Waals surface area contributed by atoms with Crippen molar-refractivity contribution in [2.45, 2.75) is 45.2 Å². The summed E-state index contributed by atoms with van der Waals surface area (Å²) in [4.78, 5) is 24.2. The molecule has 2 unspecified atom stereocenters. The summed E-state index contributed by atoms with van der Waals surface area (Å²) in [6.45, 7) is 4.75. The van der Waals surface area contributed by atoms with Crippen molar-refractivity contribution in [2.24, 2.45) is 11.7 Å². The molecule has 4 heteroatoms. The van der Waals surface area contributed by atoms with Crippen LogP contribution in [0.1, 0.15) is 33.1 Å². The fourth-order valence-corrected chi connectivity index (χ4v) is 2.03. The maximum atomic E-state index is 11.9. The monoisotopic (exact) mass is 212 g/mol. The first-order chi connectivity index (χ1) is 7.06. The maximum absolute atomic E-state index is 11.9. The zero-order valence-corrected chi connectivity index (χ0v) is 9.48. The van der Waals surface area contributed by atoms with Gasteiger partial charge in [0, 0.05) is 6.54 Å². The Hall–Kier alpha value is -0.900. The number of carbonyl (C=O) groups excluding carboxylic acids is 2. The van der Waals surface area contributed by atoms with E-state index in [0.29, 0.717) is 18.9 Å². The van der Waals surface area contributed by atoms with Crippen LogP contribution in [0.15, 0.2) is 0 Å². The van der Waals surface area contributed by atoms with Crippen molar-refractivity contribution in [2.75, 3.05) is 6.54 Å². The summed E-state index contributed by atoms with van der Waals surface area (Å²) >= 11 is 0. The van der Waals surface area contributed by atoms with E-state index in [0.717, 1.165) is 19.1 Å². The fraction of sp³-hybridized carbons (Fsp3) is 0.818. The van der Waals surface area contributed by atoms with Crippen LogP contribution in [-0.4, -0.2) is 35.7 Å². The SMILES string of the molecule is CC(C)CC(N)C(=O)N1CCCC1C=O. The first-order valence-electron chi connectivity index (χ1n) is 5.57. The van der Waals surface area contributed by atoms with E-state index >= 15 is 0 Å². The molecule has 1 amide bonds. The summed E-state index contributed by atoms with van der Waals surface area (Å²) in [6, 6.07) is -0.693. The van der Waals surface area contributed by atoms with Crippen LogP contribution in [0.25, 0.3) is 0 Å². The van der Waals surface area contributed by atoms with Crippen molar-refractivity contribution < 1.29 is 9.59 Å². The van der Waals surface area contributed by atoms with E-state index in [9.17, 15) is 9.59 Å². The zero-order chi connectivity index (χ0) is 11.4. The van der Waals surface area contributed by atoms with E-state index in [4.69, 9.17) is 5.73 Å². The molecule has 1 saturated heterocycles. The van der Waals surface area contributed by atoms with Gasteiger partial charge in [-0.25, -0.2) is 0 Å². The number of hydrogen-bond donors (Lipinski definition) is 1. The highest BCUT2D eigenvalue weighted by Crippen LogP contribution is 2.17. The highest BCUT2D eigenvalue weighted by Gasteiger charge is 2.31. The van der Waals surface area contributed by atoms with E-state index in [-0.39, 0.29) is 11.9 Å². The van der Waals surface area contributed by atoms with Gasteiger partial charge in [-0.15, -0.1) is 0 Å². The number of hydrogen-bond acceptors (Lipinski definition) is 3. The molecule has 15 heavy (non-hydrogen) atoms. The predicted molar refractivity (Wildman–Crippen MR) is 58.2 cm³/mol. The van der Waals surface area contributed by atoms with E-state index in [2.05, 4.69) is 0 Å². The molecule has 0 aromatic heterocycles. The summed E-state index contributed by atoms with van der Waals surface area (Å²) in [6.07, 6.45) is 3.22. The maximum Gasteiger partial charge on any atom is 0.240 e. The van der Waals surface area contributed by atoms with Gasteiger partial charge in [0.2, 0.25) is 5.91 Å². The average Bonchev–Trinajstić information content (AvgIpc) is 2.62. The van der Waals surface area contributed by atoms with Crippen molar-refractivity contribution in [3.05, 3.63) is 0 Å². The van der Waals surface area contributed by atoms with Gasteiger partial charge in [-0.3, -0.25) is 4.79 Å². The molecule has 1 heterocycles. The van der Waals surface area contributed by atoms with E-state index < -0.39 is 6.04 Å². The Morgan fingerprint density at radius 2 is 2.27 bits per heavy atom. The molecule has 2 atom stereocenters. The third kappa shape index (κ3) is 3.02. The second kappa shape index (κ2) is 5.26. The minimum absolute atomic E-state index is 0.0710. The molecular weight excluding hydrogens is 192 g/mol. The van der Waals surface area contributed by atoms with Gasteiger partial charge in [-0.2, -0.15) is 0 Å². The third-order valence-corrected chi connectivity index (χ3v) is 2.78. The van der Waals surface area contributed by atoms with Crippen LogP contribution >= 0.6 is 0 Å². The normalized spacial score (nSPS) is 23.2. The molecule has 0 aromatic carbocycles. The second-order valence-electron chi connectivity index (χ2n) is 4.61. The van der Waals surface area contributed by atoms with Gasteiger partial charge in [-0.1, -0.05) is 13.8 Å². The minimum Gasteiger partial charge on any atom is -0.332 e. The highest BCUT2D eigenvalue weighted by molar-refractivity contribution is 5.84. The molecule has 86 valence electrons. The largest absolute Gasteiger partial charge is 0.332 e. The fourth-order valence-electron chi connectivity index (χ4n) is 2.03. The molecule has 0 saturated carbocycles. The molecule has 0 radical (unpaired) electrons. The zero-order valence-electron chi connectivity index (χ0n) is 9.48. The van der Waals surface area contributed by atoms with Crippen LogP contribution in [0, 0.1) is 5.92 Å². The van der Waals surface area contributed by atoms with Crippen molar-refractivity contribution in [1.29, 1.82) is 0 Å². The number of nitrogens with zero attached hydrogens (tertiary/aromatic N) is 1. The number of amides is 1. The molecule has 0 aliphatic carbocycles. The summed E-state index contributed by atoms with van der Waals surface area (Å²) in [5.74, 6) is 0.333. The lowest BCUT2D eigenvalue weighted by molar-refractivity contribution is -0.136. The Kier molecular flexibility index (Phi) is 4.27. The molecule has 1 aliphatic heterocycles. The van der Waals surface area contributed by atoms with Gasteiger partial charge >= 0.3 is 0 Å². The Bertz CT molecular complexity index is 241. The molecule has 0 bridgehead atoms. The molecular formula is C11H20N2O2. The highest BCUT2D eigenvalue weighted by atomic mass is 16.2. The van der Waals surface area contributed by atoms with Gasteiger partial charge < -0.3 is 15.4 Å². The summed E-state index contributed by atoms with van der Waals surface area (Å²) in [7, 11) is 0. The van der Waals surface area contributed by atoms with Crippen molar-refractivity contribution in [3.8, 4) is 0 Å². The first-order valence-corrected chi connectivity index (χ1v) is 5.57. The van der Waals surface area contributed by atoms with E-state index in [1.54, 1.807) is 4.90 Å². The summed E-state index contributed by atoms with van der Waals surface area (Å²) in [5, 5.41) is 0. The average molecular weight is 212 g/mol. The van der Waals surface area contributed by atoms with Gasteiger partial charge in [0.15, 0.2) is 0 Å². The van der Waals surface area contributed by atoms with Gasteiger partial charge in [0.05, 0.1) is 12.1 Å². The van der Waals surface area contributed by atoms with Crippen molar-refractivity contribution >= 4 is 12.2 Å². The number of rotatable bonds is 4. The first kappa shape index (κ1) is 12.2. The standard InChI is InChI=1S/C11H20N2O2/c1-8(2)6-10(12)11(15)13-5-3-4-9(13)7-14/h7-10H,3-6,12H2,1-2H3. The Balaban J connectivity index is 2.55. The second-order valence-corrected chi connectivity index (χ2v) is 4.61. The van der Waals surface area contributed by atoms with Gasteiger partial charge in [0.1, 0.15) is 6.29 Å². The van der Waals surface area contributed by atoms with Crippen LogP contribution < -0.4 is 5.73 Å². The molecule has 0 spiro atoms. The van der Waals surface area contributed by atoms with Crippen LogP contribution in [0.2, 0.25) is 0 Å². The van der Waals surface area contributed by atoms with Crippen LogP contribution in [0.5, 0.6) is 0 Å². The Labute approximate surface area is 90.8 Å². The number of carbonyl (C=O) groups is 2. The molecule has 1 aliphatic rings. The van der Waals surface area contributed by atoms with Crippen LogP contribution in [-0.2, 0) is 9.59 Å². The number of aldehydes is 1. The predicted octanol–water partition coefficient (Wildman–Crippen LogP) is 0.550. The number of likely N-dealkylation sites (tertiary alicyclic amines) is 1. The third-order valence-electron chi connectivity index (χ3n) is 2.78. The lowest BCUT2D eigenvalue weighted by Gasteiger charge is -2.24. The lowest BCUT2D eigenvalue weighted by Crippen LogP contribution is -2.46. The Morgan fingerprint density at radius 1 is 1.60 bits per heavy atom. The summed E-state index contributed by atoms with van der Waals surface area (Å²) in [5.41, 5.74) is 5.81. The van der Waals surface area contributed by atoms with Crippen molar-refractivity contribution in [1.82, 2.24) is 4.90 Å².